The second-order valence-corrected chi connectivity index (χ2v) is 8.79. The molecule has 0 radical (unpaired) electrons. The summed E-state index contributed by atoms with van der Waals surface area (Å²) < 4.78 is 17.0. The van der Waals surface area contributed by atoms with Gasteiger partial charge in [-0.3, -0.25) is 14.9 Å². The van der Waals surface area contributed by atoms with Crippen LogP contribution in [0.25, 0.3) is 0 Å². The fourth-order valence-corrected chi connectivity index (χ4v) is 4.38. The van der Waals surface area contributed by atoms with E-state index in [0.29, 0.717) is 65.5 Å². The number of fused-ring (bicyclic) bond motifs is 1. The van der Waals surface area contributed by atoms with E-state index in [1.807, 2.05) is 20.8 Å². The van der Waals surface area contributed by atoms with Gasteiger partial charge in [-0.15, -0.1) is 0 Å². The van der Waals surface area contributed by atoms with Gasteiger partial charge in [0.2, 0.25) is 5.75 Å². The maximum Gasteiger partial charge on any atom is 0.257 e. The molecule has 30 heavy (non-hydrogen) atoms. The Bertz CT molecular complexity index is 924. The van der Waals surface area contributed by atoms with E-state index in [-0.39, 0.29) is 17.1 Å². The molecule has 1 heterocycles. The van der Waals surface area contributed by atoms with E-state index < -0.39 is 0 Å². The van der Waals surface area contributed by atoms with E-state index >= 15 is 0 Å². The van der Waals surface area contributed by atoms with Crippen molar-refractivity contribution in [3.05, 3.63) is 28.3 Å². The normalized spacial score (nSPS) is 14.8. The molecule has 1 N–H and O–H groups in total. The van der Waals surface area contributed by atoms with E-state index in [4.69, 9.17) is 14.2 Å². The Morgan fingerprint density at radius 2 is 1.67 bits per heavy atom. The lowest BCUT2D eigenvalue weighted by atomic mass is 9.78. The van der Waals surface area contributed by atoms with Crippen LogP contribution in [0.5, 0.6) is 17.2 Å². The molecule has 2 aromatic rings. The number of nitrogens with one attached hydrogen (secondary N) is 1. The molecule has 1 aromatic heterocycles. The molecule has 0 saturated heterocycles. The van der Waals surface area contributed by atoms with Crippen molar-refractivity contribution in [1.29, 1.82) is 0 Å². The summed E-state index contributed by atoms with van der Waals surface area (Å²) in [5.74, 6) is 1.11. The van der Waals surface area contributed by atoms with E-state index in [1.165, 1.54) is 11.3 Å². The third-order valence-electron chi connectivity index (χ3n) is 4.63. The summed E-state index contributed by atoms with van der Waals surface area (Å²) in [7, 11) is 0. The molecule has 1 aliphatic carbocycles. The monoisotopic (exact) mass is 432 g/mol. The maximum atomic E-state index is 12.9. The van der Waals surface area contributed by atoms with E-state index in [9.17, 15) is 9.59 Å². The first kappa shape index (κ1) is 22.1. The second kappa shape index (κ2) is 9.04. The van der Waals surface area contributed by atoms with Gasteiger partial charge < -0.3 is 14.2 Å². The van der Waals surface area contributed by atoms with Gasteiger partial charge in [-0.1, -0.05) is 25.2 Å². The lowest BCUT2D eigenvalue weighted by Gasteiger charge is -2.26. The van der Waals surface area contributed by atoms with Crippen LogP contribution in [0.1, 0.15) is 66.8 Å². The van der Waals surface area contributed by atoms with E-state index in [1.54, 1.807) is 12.1 Å². The zero-order valence-corrected chi connectivity index (χ0v) is 18.9. The summed E-state index contributed by atoms with van der Waals surface area (Å²) >= 11 is 1.23. The molecule has 0 bridgehead atoms. The average Bonchev–Trinajstić information content (AvgIpc) is 3.05. The Morgan fingerprint density at radius 1 is 1.07 bits per heavy atom. The van der Waals surface area contributed by atoms with Gasteiger partial charge in [0.25, 0.3) is 5.91 Å². The highest BCUT2D eigenvalue weighted by molar-refractivity contribution is 7.17. The molecule has 162 valence electrons. The molecule has 3 rings (SSSR count). The number of amides is 1. The first-order chi connectivity index (χ1) is 14.3. The van der Waals surface area contributed by atoms with E-state index in [2.05, 4.69) is 24.1 Å². The molecule has 1 aromatic carbocycles. The number of carbonyl (C=O) groups is 2. The lowest BCUT2D eigenvalue weighted by molar-refractivity contribution is 0.0915. The van der Waals surface area contributed by atoms with Crippen LogP contribution in [-0.4, -0.2) is 36.5 Å². The molecular formula is C22H28N2O5S. The van der Waals surface area contributed by atoms with Crippen LogP contribution in [0, 0.1) is 5.41 Å². The first-order valence-electron chi connectivity index (χ1n) is 10.2. The minimum Gasteiger partial charge on any atom is -0.490 e. The molecule has 1 amide bonds. The number of aromatic nitrogens is 1. The zero-order valence-electron chi connectivity index (χ0n) is 18.1. The number of hydrogen-bond acceptors (Lipinski definition) is 7. The van der Waals surface area contributed by atoms with Crippen LogP contribution in [0.15, 0.2) is 12.1 Å². The number of ether oxygens (including phenoxy) is 3. The van der Waals surface area contributed by atoms with Gasteiger partial charge in [-0.25, -0.2) is 4.98 Å². The largest absolute Gasteiger partial charge is 0.490 e. The third kappa shape index (κ3) is 4.75. The van der Waals surface area contributed by atoms with Gasteiger partial charge in [0.1, 0.15) is 0 Å². The molecule has 1 aliphatic rings. The highest BCUT2D eigenvalue weighted by Gasteiger charge is 2.34. The van der Waals surface area contributed by atoms with Crippen LogP contribution in [0.4, 0.5) is 5.13 Å². The predicted octanol–water partition coefficient (Wildman–Crippen LogP) is 4.75. The number of hydrogen-bond donors (Lipinski definition) is 1. The van der Waals surface area contributed by atoms with Gasteiger partial charge in [-0.2, -0.15) is 0 Å². The van der Waals surface area contributed by atoms with Crippen molar-refractivity contribution in [3.63, 3.8) is 0 Å². The van der Waals surface area contributed by atoms with Crippen molar-refractivity contribution in [1.82, 2.24) is 4.98 Å². The second-order valence-electron chi connectivity index (χ2n) is 7.79. The molecule has 7 nitrogen and oxygen atoms in total. The molecule has 0 aliphatic heterocycles. The van der Waals surface area contributed by atoms with Gasteiger partial charge in [-0.05, 0) is 44.7 Å². The standard InChI is InChI=1S/C22H28N2O5S/c1-6-27-16-9-13(10-17(28-7-2)18(16)29-8-3)20(26)24-21-23-14-11-22(4,5)12-15(25)19(14)30-21/h9-10H,6-8,11-12H2,1-5H3,(H,23,24,26). The summed E-state index contributed by atoms with van der Waals surface area (Å²) in [6, 6.07) is 3.27. The summed E-state index contributed by atoms with van der Waals surface area (Å²) in [5.41, 5.74) is 1.01. The van der Waals surface area contributed by atoms with Gasteiger partial charge >= 0.3 is 0 Å². The molecule has 8 heteroatoms. The van der Waals surface area contributed by atoms with E-state index in [0.717, 1.165) is 5.69 Å². The van der Waals surface area contributed by atoms with Crippen molar-refractivity contribution >= 4 is 28.2 Å². The predicted molar refractivity (Wildman–Crippen MR) is 116 cm³/mol. The van der Waals surface area contributed by atoms with Crippen LogP contribution in [-0.2, 0) is 6.42 Å². The first-order valence-corrected chi connectivity index (χ1v) is 11.0. The number of benzene rings is 1. The highest BCUT2D eigenvalue weighted by Crippen LogP contribution is 2.40. The number of Topliss-reactive ketones (excluding diaryl/α,β-unsaturated/α-hetero) is 1. The Labute approximate surface area is 180 Å². The molecule has 0 atom stereocenters. The number of thiazole rings is 1. The molecule has 0 fully saturated rings. The number of nitrogens with zero attached hydrogens (tertiary/aromatic N) is 1. The fourth-order valence-electron chi connectivity index (χ4n) is 3.46. The van der Waals surface area contributed by atoms with Crippen molar-refractivity contribution in [2.75, 3.05) is 25.1 Å². The van der Waals surface area contributed by atoms with Gasteiger partial charge in [0.15, 0.2) is 22.4 Å². The Kier molecular flexibility index (Phi) is 6.65. The summed E-state index contributed by atoms with van der Waals surface area (Å²) in [5, 5.41) is 3.24. The number of rotatable bonds is 8. The minimum atomic E-state index is -0.349. The quantitative estimate of drug-likeness (QED) is 0.648. The van der Waals surface area contributed by atoms with Crippen LogP contribution >= 0.6 is 11.3 Å². The maximum absolute atomic E-state index is 12.9. The Morgan fingerprint density at radius 3 is 2.23 bits per heavy atom. The van der Waals surface area contributed by atoms with Crippen molar-refractivity contribution in [2.24, 2.45) is 5.41 Å². The molecule has 0 unspecified atom stereocenters. The number of carbonyl (C=O) groups excluding carboxylic acids is 2. The summed E-state index contributed by atoms with van der Waals surface area (Å²) in [6.45, 7) is 11.0. The molecule has 0 saturated carbocycles. The highest BCUT2D eigenvalue weighted by atomic mass is 32.1. The number of ketones is 1. The summed E-state index contributed by atoms with van der Waals surface area (Å²) in [6.07, 6.45) is 1.20. The summed E-state index contributed by atoms with van der Waals surface area (Å²) in [4.78, 5) is 30.5. The number of anilines is 1. The SMILES string of the molecule is CCOc1cc(C(=O)Nc2nc3c(s2)C(=O)CC(C)(C)C3)cc(OCC)c1OCC. The topological polar surface area (TPSA) is 86.8 Å². The van der Waals surface area contributed by atoms with Crippen LogP contribution in [0.3, 0.4) is 0 Å². The Hall–Kier alpha value is -2.61. The fraction of sp³-hybridized carbons (Fsp3) is 0.500. The Balaban J connectivity index is 1.89. The minimum absolute atomic E-state index is 0.0811. The zero-order chi connectivity index (χ0) is 21.9. The van der Waals surface area contributed by atoms with Crippen molar-refractivity contribution in [2.45, 2.75) is 47.5 Å². The van der Waals surface area contributed by atoms with Crippen molar-refractivity contribution < 1.29 is 23.8 Å². The van der Waals surface area contributed by atoms with Gasteiger partial charge in [0, 0.05) is 12.0 Å². The van der Waals surface area contributed by atoms with Crippen molar-refractivity contribution in [3.8, 4) is 17.2 Å². The lowest BCUT2D eigenvalue weighted by Crippen LogP contribution is -2.26. The average molecular weight is 433 g/mol. The van der Waals surface area contributed by atoms with Crippen LogP contribution < -0.4 is 19.5 Å². The van der Waals surface area contributed by atoms with Gasteiger partial charge in [0.05, 0.1) is 30.4 Å². The smallest absolute Gasteiger partial charge is 0.257 e. The van der Waals surface area contributed by atoms with Crippen LogP contribution in [0.2, 0.25) is 0 Å². The third-order valence-corrected chi connectivity index (χ3v) is 5.68. The molecular weight excluding hydrogens is 404 g/mol. The molecule has 0 spiro atoms.